The molecule has 1 saturated carbocycles. The zero-order valence-corrected chi connectivity index (χ0v) is 15.5. The van der Waals surface area contributed by atoms with E-state index in [0.29, 0.717) is 23.5 Å². The molecular formula is C21H22FN3O3. The monoisotopic (exact) mass is 383 g/mol. The molecule has 0 aliphatic heterocycles. The fraction of sp³-hybridized carbons (Fsp3) is 0.429. The topological polar surface area (TPSA) is 78.0 Å². The lowest BCUT2D eigenvalue weighted by molar-refractivity contribution is -0.122. The van der Waals surface area contributed by atoms with Crippen LogP contribution in [0, 0.1) is 11.7 Å². The van der Waals surface area contributed by atoms with Gasteiger partial charge in [0.25, 0.3) is 5.56 Å². The van der Waals surface area contributed by atoms with Gasteiger partial charge in [-0.3, -0.25) is 14.2 Å². The number of halogens is 1. The van der Waals surface area contributed by atoms with Crippen molar-refractivity contribution in [1.82, 2.24) is 14.7 Å². The number of carbonyl (C=O) groups excluding carboxylic acids is 1. The minimum atomic E-state index is -0.646. The third-order valence-electron chi connectivity index (χ3n) is 5.58. The number of hydrogen-bond acceptors (Lipinski definition) is 5. The Morgan fingerprint density at radius 2 is 2.07 bits per heavy atom. The highest BCUT2D eigenvalue weighted by molar-refractivity contribution is 5.85. The van der Waals surface area contributed by atoms with Crippen LogP contribution in [-0.2, 0) is 11.2 Å². The molecule has 1 atom stereocenters. The summed E-state index contributed by atoms with van der Waals surface area (Å²) >= 11 is 0. The number of carbonyl (C=O) groups is 1. The molecule has 0 spiro atoms. The van der Waals surface area contributed by atoms with Crippen LogP contribution in [0.4, 0.5) is 4.39 Å². The molecule has 1 fully saturated rings. The zero-order chi connectivity index (χ0) is 19.5. The van der Waals surface area contributed by atoms with E-state index in [1.807, 2.05) is 0 Å². The molecule has 0 bridgehead atoms. The SMILES string of the molecule is O=C(Cc1ccon1)C(CC1CCCCC1)n1cnc2ccc(F)cc2c1=O. The van der Waals surface area contributed by atoms with Crippen LogP contribution in [0.1, 0.15) is 50.3 Å². The first-order chi connectivity index (χ1) is 13.6. The van der Waals surface area contributed by atoms with Gasteiger partial charge in [-0.25, -0.2) is 9.37 Å². The number of ketones is 1. The zero-order valence-electron chi connectivity index (χ0n) is 15.5. The smallest absolute Gasteiger partial charge is 0.261 e. The molecule has 0 saturated heterocycles. The van der Waals surface area contributed by atoms with E-state index < -0.39 is 11.9 Å². The number of fused-ring (bicyclic) bond motifs is 1. The molecule has 4 rings (SSSR count). The van der Waals surface area contributed by atoms with Crippen molar-refractivity contribution in [3.8, 4) is 0 Å². The second-order valence-electron chi connectivity index (χ2n) is 7.51. The molecule has 2 aromatic heterocycles. The molecule has 7 heteroatoms. The van der Waals surface area contributed by atoms with Crippen LogP contribution in [0.25, 0.3) is 10.9 Å². The lowest BCUT2D eigenvalue weighted by Gasteiger charge is -2.27. The lowest BCUT2D eigenvalue weighted by Crippen LogP contribution is -2.33. The Labute approximate surface area is 161 Å². The van der Waals surface area contributed by atoms with Crippen molar-refractivity contribution in [3.05, 3.63) is 58.7 Å². The van der Waals surface area contributed by atoms with Gasteiger partial charge in [-0.15, -0.1) is 0 Å². The molecule has 1 unspecified atom stereocenters. The van der Waals surface area contributed by atoms with Crippen molar-refractivity contribution in [3.63, 3.8) is 0 Å². The van der Waals surface area contributed by atoms with Crippen molar-refractivity contribution in [2.24, 2.45) is 5.92 Å². The third-order valence-corrected chi connectivity index (χ3v) is 5.58. The second-order valence-corrected chi connectivity index (χ2v) is 7.51. The number of nitrogens with zero attached hydrogens (tertiary/aromatic N) is 3. The Hall–Kier alpha value is -2.83. The van der Waals surface area contributed by atoms with Crippen LogP contribution in [0.3, 0.4) is 0 Å². The van der Waals surface area contributed by atoms with Crippen molar-refractivity contribution in [1.29, 1.82) is 0 Å². The summed E-state index contributed by atoms with van der Waals surface area (Å²) in [5.74, 6) is -0.226. The van der Waals surface area contributed by atoms with Crippen molar-refractivity contribution >= 4 is 16.7 Å². The normalized spacial score (nSPS) is 16.3. The highest BCUT2D eigenvalue weighted by atomic mass is 19.1. The number of aromatic nitrogens is 3. The first-order valence-corrected chi connectivity index (χ1v) is 9.70. The standard InChI is InChI=1S/C21H22FN3O3/c22-15-6-7-18-17(11-15)21(27)25(13-23-18)19(10-14-4-2-1-3-5-14)20(26)12-16-8-9-28-24-16/h6-9,11,13-14,19H,1-5,10,12H2. The minimum absolute atomic E-state index is 0.0848. The van der Waals surface area contributed by atoms with Crippen LogP contribution in [0.2, 0.25) is 0 Å². The van der Waals surface area contributed by atoms with Gasteiger partial charge in [0, 0.05) is 6.07 Å². The van der Waals surface area contributed by atoms with Crippen molar-refractivity contribution in [2.75, 3.05) is 0 Å². The van der Waals surface area contributed by atoms with Crippen molar-refractivity contribution < 1.29 is 13.7 Å². The van der Waals surface area contributed by atoms with Gasteiger partial charge >= 0.3 is 0 Å². The first kappa shape index (κ1) is 18.5. The van der Waals surface area contributed by atoms with E-state index in [2.05, 4.69) is 10.1 Å². The maximum Gasteiger partial charge on any atom is 0.261 e. The van der Waals surface area contributed by atoms with Crippen molar-refractivity contribution in [2.45, 2.75) is 51.0 Å². The van der Waals surface area contributed by atoms with Gasteiger partial charge in [0.15, 0.2) is 5.78 Å². The molecule has 1 aliphatic carbocycles. The molecule has 28 heavy (non-hydrogen) atoms. The molecular weight excluding hydrogens is 361 g/mol. The number of benzene rings is 1. The summed E-state index contributed by atoms with van der Waals surface area (Å²) in [6.07, 6.45) is 9.11. The molecule has 3 aromatic rings. The first-order valence-electron chi connectivity index (χ1n) is 9.70. The fourth-order valence-corrected chi connectivity index (χ4v) is 4.09. The Morgan fingerprint density at radius 1 is 1.25 bits per heavy atom. The molecule has 6 nitrogen and oxygen atoms in total. The highest BCUT2D eigenvalue weighted by Crippen LogP contribution is 2.31. The van der Waals surface area contributed by atoms with Crippen LogP contribution >= 0.6 is 0 Å². The molecule has 146 valence electrons. The molecule has 1 aliphatic rings. The van der Waals surface area contributed by atoms with Gasteiger partial charge in [0.2, 0.25) is 0 Å². The van der Waals surface area contributed by atoms with E-state index in [1.165, 1.54) is 41.8 Å². The summed E-state index contributed by atoms with van der Waals surface area (Å²) in [6, 6.07) is 4.93. The van der Waals surface area contributed by atoms with Gasteiger partial charge in [-0.05, 0) is 30.5 Å². The predicted octanol–water partition coefficient (Wildman–Crippen LogP) is 3.85. The average Bonchev–Trinajstić information content (AvgIpc) is 3.21. The summed E-state index contributed by atoms with van der Waals surface area (Å²) in [5.41, 5.74) is 0.563. The number of rotatable bonds is 6. The van der Waals surface area contributed by atoms with Crippen LogP contribution < -0.4 is 5.56 Å². The Morgan fingerprint density at radius 3 is 2.82 bits per heavy atom. The summed E-state index contributed by atoms with van der Waals surface area (Å²) in [7, 11) is 0. The average molecular weight is 383 g/mol. The lowest BCUT2D eigenvalue weighted by atomic mass is 9.83. The van der Waals surface area contributed by atoms with Gasteiger partial charge in [0.1, 0.15) is 12.1 Å². The van der Waals surface area contributed by atoms with Crippen LogP contribution in [0.15, 0.2) is 46.2 Å². The Balaban J connectivity index is 1.71. The summed E-state index contributed by atoms with van der Waals surface area (Å²) in [4.78, 5) is 30.4. The van der Waals surface area contributed by atoms with E-state index in [0.717, 1.165) is 25.7 Å². The van der Waals surface area contributed by atoms with Crippen LogP contribution in [-0.4, -0.2) is 20.5 Å². The molecule has 0 amide bonds. The fourth-order valence-electron chi connectivity index (χ4n) is 4.09. The Kier molecular flexibility index (Phi) is 5.32. The van der Waals surface area contributed by atoms with Crippen LogP contribution in [0.5, 0.6) is 0 Å². The Bertz CT molecular complexity index is 1020. The summed E-state index contributed by atoms with van der Waals surface area (Å²) in [5, 5.41) is 4.00. The maximum atomic E-state index is 13.7. The molecule has 2 heterocycles. The van der Waals surface area contributed by atoms with Gasteiger partial charge in [0.05, 0.1) is 35.4 Å². The third kappa shape index (κ3) is 3.88. The maximum absolute atomic E-state index is 13.7. The molecule has 1 aromatic carbocycles. The number of hydrogen-bond donors (Lipinski definition) is 0. The largest absolute Gasteiger partial charge is 0.364 e. The molecule has 0 radical (unpaired) electrons. The van der Waals surface area contributed by atoms with E-state index >= 15 is 0 Å². The van der Waals surface area contributed by atoms with Gasteiger partial charge < -0.3 is 4.52 Å². The van der Waals surface area contributed by atoms with E-state index in [4.69, 9.17) is 4.52 Å². The summed E-state index contributed by atoms with van der Waals surface area (Å²) < 4.78 is 19.9. The summed E-state index contributed by atoms with van der Waals surface area (Å²) in [6.45, 7) is 0. The highest BCUT2D eigenvalue weighted by Gasteiger charge is 2.27. The van der Waals surface area contributed by atoms with E-state index in [-0.39, 0.29) is 23.1 Å². The van der Waals surface area contributed by atoms with Gasteiger partial charge in [-0.2, -0.15) is 0 Å². The second kappa shape index (κ2) is 8.04. The quantitative estimate of drug-likeness (QED) is 0.646. The minimum Gasteiger partial charge on any atom is -0.364 e. The van der Waals surface area contributed by atoms with E-state index in [9.17, 15) is 14.0 Å². The molecule has 0 N–H and O–H groups in total. The number of Topliss-reactive ketones (excluding diaryl/α,β-unsaturated/α-hetero) is 1. The van der Waals surface area contributed by atoms with E-state index in [1.54, 1.807) is 6.07 Å². The van der Waals surface area contributed by atoms with Gasteiger partial charge in [-0.1, -0.05) is 37.3 Å². The predicted molar refractivity (Wildman–Crippen MR) is 101 cm³/mol.